The van der Waals surface area contributed by atoms with E-state index in [-0.39, 0.29) is 6.61 Å². The molecular formula is C10H16N2O. The normalized spacial score (nSPS) is 15.4. The van der Waals surface area contributed by atoms with Crippen LogP contribution >= 0.6 is 0 Å². The van der Waals surface area contributed by atoms with Crippen molar-refractivity contribution in [1.29, 1.82) is 0 Å². The van der Waals surface area contributed by atoms with E-state index >= 15 is 0 Å². The maximum Gasteiger partial charge on any atom is 0.0650 e. The zero-order valence-electron chi connectivity index (χ0n) is 8.04. The van der Waals surface area contributed by atoms with E-state index < -0.39 is 5.54 Å². The van der Waals surface area contributed by atoms with Gasteiger partial charge in [-0.15, -0.1) is 0 Å². The number of nitrogens with two attached hydrogens (primary N) is 2. The van der Waals surface area contributed by atoms with E-state index in [4.69, 9.17) is 16.6 Å². The molecular weight excluding hydrogens is 164 g/mol. The van der Waals surface area contributed by atoms with Gasteiger partial charge in [0.25, 0.3) is 0 Å². The molecule has 0 aliphatic carbocycles. The highest BCUT2D eigenvalue weighted by molar-refractivity contribution is 5.49. The van der Waals surface area contributed by atoms with Gasteiger partial charge in [-0.25, -0.2) is 0 Å². The van der Waals surface area contributed by atoms with Crippen molar-refractivity contribution in [1.82, 2.24) is 0 Å². The molecule has 1 unspecified atom stereocenters. The smallest absolute Gasteiger partial charge is 0.0650 e. The highest BCUT2D eigenvalue weighted by Gasteiger charge is 2.19. The van der Waals surface area contributed by atoms with Crippen LogP contribution in [-0.4, -0.2) is 11.7 Å². The minimum atomic E-state index is -0.707. The van der Waals surface area contributed by atoms with Gasteiger partial charge in [-0.05, 0) is 31.0 Å². The van der Waals surface area contributed by atoms with Crippen molar-refractivity contribution < 1.29 is 5.11 Å². The van der Waals surface area contributed by atoms with Gasteiger partial charge in [-0.2, -0.15) is 0 Å². The number of rotatable bonds is 2. The van der Waals surface area contributed by atoms with Crippen LogP contribution in [0.4, 0.5) is 5.69 Å². The molecule has 0 aliphatic heterocycles. The average molecular weight is 180 g/mol. The van der Waals surface area contributed by atoms with Gasteiger partial charge in [0.2, 0.25) is 0 Å². The van der Waals surface area contributed by atoms with Crippen molar-refractivity contribution >= 4 is 5.69 Å². The topological polar surface area (TPSA) is 72.3 Å². The number of aryl methyl sites for hydroxylation is 1. The lowest BCUT2D eigenvalue weighted by molar-refractivity contribution is 0.210. The van der Waals surface area contributed by atoms with Crippen molar-refractivity contribution in [3.05, 3.63) is 29.3 Å². The van der Waals surface area contributed by atoms with Crippen LogP contribution in [0.15, 0.2) is 18.2 Å². The summed E-state index contributed by atoms with van der Waals surface area (Å²) < 4.78 is 0. The predicted molar refractivity (Wildman–Crippen MR) is 54.2 cm³/mol. The van der Waals surface area contributed by atoms with Crippen LogP contribution in [0, 0.1) is 6.92 Å². The quantitative estimate of drug-likeness (QED) is 0.588. The zero-order chi connectivity index (χ0) is 10.1. The first kappa shape index (κ1) is 10.0. The Balaban J connectivity index is 3.10. The van der Waals surface area contributed by atoms with Crippen LogP contribution in [0.2, 0.25) is 0 Å². The number of hydrogen-bond acceptors (Lipinski definition) is 3. The molecule has 0 heterocycles. The highest BCUT2D eigenvalue weighted by atomic mass is 16.3. The fourth-order valence-electron chi connectivity index (χ4n) is 1.09. The number of anilines is 1. The third-order valence-corrected chi connectivity index (χ3v) is 2.27. The van der Waals surface area contributed by atoms with Gasteiger partial charge in [0, 0.05) is 5.69 Å². The predicted octanol–water partition coefficient (Wildman–Crippen LogP) is 0.743. The van der Waals surface area contributed by atoms with Crippen LogP contribution in [0.1, 0.15) is 18.1 Å². The first-order chi connectivity index (χ1) is 5.97. The van der Waals surface area contributed by atoms with E-state index in [0.717, 1.165) is 11.1 Å². The molecule has 0 radical (unpaired) electrons. The van der Waals surface area contributed by atoms with E-state index in [0.29, 0.717) is 5.69 Å². The van der Waals surface area contributed by atoms with Gasteiger partial charge in [0.1, 0.15) is 0 Å². The molecule has 0 saturated heterocycles. The summed E-state index contributed by atoms with van der Waals surface area (Å²) >= 11 is 0. The minimum absolute atomic E-state index is 0.0878. The van der Waals surface area contributed by atoms with E-state index in [1.807, 2.05) is 25.1 Å². The number of hydrogen-bond donors (Lipinski definition) is 3. The number of nitrogen functional groups attached to an aromatic ring is 1. The third-order valence-electron chi connectivity index (χ3n) is 2.27. The molecule has 13 heavy (non-hydrogen) atoms. The van der Waals surface area contributed by atoms with Crippen LogP contribution in [0.25, 0.3) is 0 Å². The Kier molecular flexibility index (Phi) is 2.59. The Morgan fingerprint density at radius 3 is 2.54 bits per heavy atom. The molecule has 5 N–H and O–H groups in total. The first-order valence-electron chi connectivity index (χ1n) is 4.24. The lowest BCUT2D eigenvalue weighted by atomic mass is 9.93. The zero-order valence-corrected chi connectivity index (χ0v) is 8.04. The molecule has 1 rings (SSSR count). The van der Waals surface area contributed by atoms with Crippen molar-refractivity contribution in [2.75, 3.05) is 12.3 Å². The molecule has 0 saturated carbocycles. The minimum Gasteiger partial charge on any atom is -0.399 e. The van der Waals surface area contributed by atoms with Crippen LogP contribution < -0.4 is 11.5 Å². The van der Waals surface area contributed by atoms with Crippen molar-refractivity contribution in [3.63, 3.8) is 0 Å². The Morgan fingerprint density at radius 1 is 1.46 bits per heavy atom. The monoisotopic (exact) mass is 180 g/mol. The second-order valence-corrected chi connectivity index (χ2v) is 3.65. The number of benzene rings is 1. The number of aliphatic hydroxyl groups excluding tert-OH is 1. The van der Waals surface area contributed by atoms with Gasteiger partial charge in [-0.1, -0.05) is 12.1 Å². The molecule has 1 aromatic rings. The van der Waals surface area contributed by atoms with Gasteiger partial charge in [0.15, 0.2) is 0 Å². The maximum absolute atomic E-state index is 9.04. The largest absolute Gasteiger partial charge is 0.399 e. The Bertz CT molecular complexity index is 308. The second-order valence-electron chi connectivity index (χ2n) is 3.65. The Labute approximate surface area is 78.4 Å². The third kappa shape index (κ3) is 1.99. The standard InChI is InChI=1S/C10H16N2O/c1-7-3-4-8(5-9(7)11)10(2,12)6-13/h3-5,13H,6,11-12H2,1-2H3. The van der Waals surface area contributed by atoms with E-state index in [9.17, 15) is 0 Å². The summed E-state index contributed by atoms with van der Waals surface area (Å²) in [5.41, 5.74) is 13.5. The van der Waals surface area contributed by atoms with Crippen LogP contribution in [-0.2, 0) is 5.54 Å². The van der Waals surface area contributed by atoms with Gasteiger partial charge < -0.3 is 16.6 Å². The summed E-state index contributed by atoms with van der Waals surface area (Å²) in [7, 11) is 0. The Hall–Kier alpha value is -1.06. The van der Waals surface area contributed by atoms with E-state index in [1.54, 1.807) is 6.92 Å². The molecule has 0 bridgehead atoms. The molecule has 3 heteroatoms. The van der Waals surface area contributed by atoms with Crippen molar-refractivity contribution in [2.45, 2.75) is 19.4 Å². The molecule has 1 atom stereocenters. The summed E-state index contributed by atoms with van der Waals surface area (Å²) in [6.07, 6.45) is 0. The molecule has 0 aromatic heterocycles. The van der Waals surface area contributed by atoms with E-state index in [1.165, 1.54) is 0 Å². The van der Waals surface area contributed by atoms with Gasteiger partial charge >= 0.3 is 0 Å². The van der Waals surface area contributed by atoms with Crippen LogP contribution in [0.5, 0.6) is 0 Å². The molecule has 72 valence electrons. The SMILES string of the molecule is Cc1ccc(C(C)(N)CO)cc1N. The average Bonchev–Trinajstić information content (AvgIpc) is 2.09. The maximum atomic E-state index is 9.04. The summed E-state index contributed by atoms with van der Waals surface area (Å²) in [4.78, 5) is 0. The molecule has 0 spiro atoms. The van der Waals surface area contributed by atoms with Gasteiger partial charge in [0.05, 0.1) is 12.1 Å². The fraction of sp³-hybridized carbons (Fsp3) is 0.400. The first-order valence-corrected chi connectivity index (χ1v) is 4.24. The van der Waals surface area contributed by atoms with Crippen molar-refractivity contribution in [2.24, 2.45) is 5.73 Å². The molecule has 0 aliphatic rings. The fourth-order valence-corrected chi connectivity index (χ4v) is 1.09. The lowest BCUT2D eigenvalue weighted by Gasteiger charge is -2.22. The lowest BCUT2D eigenvalue weighted by Crippen LogP contribution is -2.36. The van der Waals surface area contributed by atoms with E-state index in [2.05, 4.69) is 0 Å². The second kappa shape index (κ2) is 3.36. The summed E-state index contributed by atoms with van der Waals surface area (Å²) in [5, 5.41) is 9.04. The Morgan fingerprint density at radius 2 is 2.08 bits per heavy atom. The highest BCUT2D eigenvalue weighted by Crippen LogP contribution is 2.21. The number of aliphatic hydroxyl groups is 1. The molecule has 0 amide bonds. The van der Waals surface area contributed by atoms with Crippen molar-refractivity contribution in [3.8, 4) is 0 Å². The van der Waals surface area contributed by atoms with Gasteiger partial charge in [-0.3, -0.25) is 0 Å². The summed E-state index contributed by atoms with van der Waals surface area (Å²) in [6, 6.07) is 5.61. The molecule has 1 aromatic carbocycles. The van der Waals surface area contributed by atoms with Crippen LogP contribution in [0.3, 0.4) is 0 Å². The molecule has 3 nitrogen and oxygen atoms in total. The summed E-state index contributed by atoms with van der Waals surface area (Å²) in [5.74, 6) is 0. The summed E-state index contributed by atoms with van der Waals surface area (Å²) in [6.45, 7) is 3.62. The molecule has 0 fully saturated rings.